The molecule has 0 aliphatic carbocycles. The molecule has 0 aliphatic rings. The fourth-order valence-corrected chi connectivity index (χ4v) is 1.81. The molecule has 100 valence electrons. The van der Waals surface area contributed by atoms with E-state index in [0.717, 1.165) is 11.4 Å². The maximum atomic E-state index is 11.9. The van der Waals surface area contributed by atoms with Crippen LogP contribution in [-0.4, -0.2) is 22.0 Å². The molecule has 0 atom stereocenters. The molecule has 0 fully saturated rings. The molecule has 1 aromatic carbocycles. The van der Waals surface area contributed by atoms with Gasteiger partial charge in [-0.1, -0.05) is 6.07 Å². The Kier molecular flexibility index (Phi) is 3.85. The summed E-state index contributed by atoms with van der Waals surface area (Å²) in [4.78, 5) is 16.1. The summed E-state index contributed by atoms with van der Waals surface area (Å²) in [6.45, 7) is 2.47. The standard InChI is InChI=1S/C14H18N4O/c1-10-3-4-11(9-12(10)15)14(19)17-6-5-13-16-7-8-18(13)2/h3-4,7-9H,5-6,15H2,1-2H3,(H,17,19). The smallest absolute Gasteiger partial charge is 0.251 e. The van der Waals surface area contributed by atoms with Crippen molar-refractivity contribution in [2.75, 3.05) is 12.3 Å². The first-order valence-electron chi connectivity index (χ1n) is 6.18. The van der Waals surface area contributed by atoms with Crippen LogP contribution >= 0.6 is 0 Å². The van der Waals surface area contributed by atoms with Gasteiger partial charge in [-0.05, 0) is 24.6 Å². The van der Waals surface area contributed by atoms with E-state index in [1.807, 2.05) is 30.8 Å². The number of benzene rings is 1. The van der Waals surface area contributed by atoms with E-state index in [9.17, 15) is 4.79 Å². The summed E-state index contributed by atoms with van der Waals surface area (Å²) < 4.78 is 1.94. The van der Waals surface area contributed by atoms with E-state index < -0.39 is 0 Å². The number of hydrogen-bond donors (Lipinski definition) is 2. The van der Waals surface area contributed by atoms with Crippen molar-refractivity contribution in [1.82, 2.24) is 14.9 Å². The first-order chi connectivity index (χ1) is 9.08. The number of amides is 1. The minimum atomic E-state index is -0.110. The molecule has 0 radical (unpaired) electrons. The average molecular weight is 258 g/mol. The van der Waals surface area contributed by atoms with E-state index in [-0.39, 0.29) is 5.91 Å². The number of carbonyl (C=O) groups excluding carboxylic acids is 1. The maximum absolute atomic E-state index is 11.9. The Morgan fingerprint density at radius 1 is 1.47 bits per heavy atom. The van der Waals surface area contributed by atoms with Crippen LogP contribution in [0.4, 0.5) is 5.69 Å². The number of imidazole rings is 1. The quantitative estimate of drug-likeness (QED) is 0.811. The Hall–Kier alpha value is -2.30. The molecule has 0 saturated carbocycles. The molecule has 0 unspecified atom stereocenters. The molecule has 19 heavy (non-hydrogen) atoms. The van der Waals surface area contributed by atoms with Crippen LogP contribution in [0.3, 0.4) is 0 Å². The number of rotatable bonds is 4. The number of carbonyl (C=O) groups is 1. The van der Waals surface area contributed by atoms with E-state index in [0.29, 0.717) is 24.2 Å². The van der Waals surface area contributed by atoms with Gasteiger partial charge in [0.1, 0.15) is 5.82 Å². The first kappa shape index (κ1) is 13.1. The maximum Gasteiger partial charge on any atom is 0.251 e. The van der Waals surface area contributed by atoms with E-state index >= 15 is 0 Å². The van der Waals surface area contributed by atoms with Crippen LogP contribution in [-0.2, 0) is 13.5 Å². The predicted molar refractivity (Wildman–Crippen MR) is 74.8 cm³/mol. The third kappa shape index (κ3) is 3.13. The van der Waals surface area contributed by atoms with E-state index in [1.165, 1.54) is 0 Å². The molecule has 0 saturated heterocycles. The second kappa shape index (κ2) is 5.56. The zero-order chi connectivity index (χ0) is 13.8. The van der Waals surface area contributed by atoms with Crippen LogP contribution < -0.4 is 11.1 Å². The monoisotopic (exact) mass is 258 g/mol. The highest BCUT2D eigenvalue weighted by molar-refractivity contribution is 5.95. The van der Waals surface area contributed by atoms with E-state index in [4.69, 9.17) is 5.73 Å². The highest BCUT2D eigenvalue weighted by atomic mass is 16.1. The van der Waals surface area contributed by atoms with Crippen LogP contribution in [0.1, 0.15) is 21.7 Å². The Morgan fingerprint density at radius 2 is 2.26 bits per heavy atom. The van der Waals surface area contributed by atoms with E-state index in [1.54, 1.807) is 18.3 Å². The third-order valence-corrected chi connectivity index (χ3v) is 3.10. The number of nitrogens with two attached hydrogens (primary N) is 1. The van der Waals surface area contributed by atoms with Crippen molar-refractivity contribution in [3.05, 3.63) is 47.5 Å². The normalized spacial score (nSPS) is 10.4. The lowest BCUT2D eigenvalue weighted by atomic mass is 10.1. The second-order valence-corrected chi connectivity index (χ2v) is 4.53. The number of aromatic nitrogens is 2. The van der Waals surface area contributed by atoms with Crippen LogP contribution in [0.15, 0.2) is 30.6 Å². The van der Waals surface area contributed by atoms with Crippen molar-refractivity contribution in [2.45, 2.75) is 13.3 Å². The average Bonchev–Trinajstić information content (AvgIpc) is 2.78. The Labute approximate surface area is 112 Å². The SMILES string of the molecule is Cc1ccc(C(=O)NCCc2nccn2C)cc1N. The summed E-state index contributed by atoms with van der Waals surface area (Å²) in [5.41, 5.74) is 7.99. The van der Waals surface area contributed by atoms with Crippen LogP contribution in [0.5, 0.6) is 0 Å². The summed E-state index contributed by atoms with van der Waals surface area (Å²) in [5.74, 6) is 0.838. The van der Waals surface area contributed by atoms with Crippen molar-refractivity contribution in [1.29, 1.82) is 0 Å². The fourth-order valence-electron chi connectivity index (χ4n) is 1.81. The highest BCUT2D eigenvalue weighted by Crippen LogP contribution is 2.12. The van der Waals surface area contributed by atoms with Crippen molar-refractivity contribution in [3.8, 4) is 0 Å². The summed E-state index contributed by atoms with van der Waals surface area (Å²) in [6, 6.07) is 5.33. The van der Waals surface area contributed by atoms with Gasteiger partial charge in [0.05, 0.1) is 0 Å². The molecule has 2 aromatic rings. The Morgan fingerprint density at radius 3 is 2.89 bits per heavy atom. The molecular weight excluding hydrogens is 240 g/mol. The lowest BCUT2D eigenvalue weighted by Gasteiger charge is -2.07. The largest absolute Gasteiger partial charge is 0.398 e. The third-order valence-electron chi connectivity index (χ3n) is 3.10. The van der Waals surface area contributed by atoms with Crippen LogP contribution in [0, 0.1) is 6.92 Å². The van der Waals surface area contributed by atoms with Crippen molar-refractivity contribution < 1.29 is 4.79 Å². The molecule has 1 amide bonds. The van der Waals surface area contributed by atoms with Gasteiger partial charge >= 0.3 is 0 Å². The van der Waals surface area contributed by atoms with Crippen molar-refractivity contribution in [3.63, 3.8) is 0 Å². The van der Waals surface area contributed by atoms with Crippen molar-refractivity contribution >= 4 is 11.6 Å². The Bertz CT molecular complexity index is 589. The van der Waals surface area contributed by atoms with Gasteiger partial charge in [-0.25, -0.2) is 4.98 Å². The summed E-state index contributed by atoms with van der Waals surface area (Å²) in [5, 5.41) is 2.86. The summed E-state index contributed by atoms with van der Waals surface area (Å²) in [6.07, 6.45) is 4.34. The molecule has 0 aliphatic heterocycles. The van der Waals surface area contributed by atoms with Gasteiger partial charge in [0.25, 0.3) is 5.91 Å². The number of nitrogens with one attached hydrogen (secondary N) is 1. The minimum absolute atomic E-state index is 0.110. The molecule has 3 N–H and O–H groups in total. The van der Waals surface area contributed by atoms with Crippen LogP contribution in [0.25, 0.3) is 0 Å². The number of aryl methyl sites for hydroxylation is 2. The topological polar surface area (TPSA) is 72.9 Å². The molecule has 0 spiro atoms. The number of nitrogens with zero attached hydrogens (tertiary/aromatic N) is 2. The molecule has 5 nitrogen and oxygen atoms in total. The lowest BCUT2D eigenvalue weighted by Crippen LogP contribution is -2.26. The minimum Gasteiger partial charge on any atom is -0.398 e. The summed E-state index contributed by atoms with van der Waals surface area (Å²) >= 11 is 0. The van der Waals surface area contributed by atoms with Gasteiger partial charge in [-0.15, -0.1) is 0 Å². The van der Waals surface area contributed by atoms with Gasteiger partial charge in [0.15, 0.2) is 0 Å². The van der Waals surface area contributed by atoms with Gasteiger partial charge in [-0.2, -0.15) is 0 Å². The van der Waals surface area contributed by atoms with Gasteiger partial charge < -0.3 is 15.6 Å². The Balaban J connectivity index is 1.91. The second-order valence-electron chi connectivity index (χ2n) is 4.53. The fraction of sp³-hybridized carbons (Fsp3) is 0.286. The van der Waals surface area contributed by atoms with Gasteiger partial charge in [-0.3, -0.25) is 4.79 Å². The number of anilines is 1. The highest BCUT2D eigenvalue weighted by Gasteiger charge is 2.07. The van der Waals surface area contributed by atoms with Gasteiger partial charge in [0.2, 0.25) is 0 Å². The lowest BCUT2D eigenvalue weighted by molar-refractivity contribution is 0.0954. The molecule has 0 bridgehead atoms. The molecule has 1 aromatic heterocycles. The molecular formula is C14H18N4O. The predicted octanol–water partition coefficient (Wildman–Crippen LogP) is 1.28. The number of hydrogen-bond acceptors (Lipinski definition) is 3. The van der Waals surface area contributed by atoms with Crippen LogP contribution in [0.2, 0.25) is 0 Å². The zero-order valence-corrected chi connectivity index (χ0v) is 11.2. The molecule has 5 heteroatoms. The first-order valence-corrected chi connectivity index (χ1v) is 6.18. The van der Waals surface area contributed by atoms with Gasteiger partial charge in [0, 0.05) is 43.7 Å². The molecule has 1 heterocycles. The zero-order valence-electron chi connectivity index (χ0n) is 11.2. The number of nitrogen functional groups attached to an aromatic ring is 1. The molecule has 2 rings (SSSR count). The summed E-state index contributed by atoms with van der Waals surface area (Å²) in [7, 11) is 1.94. The van der Waals surface area contributed by atoms with E-state index in [2.05, 4.69) is 10.3 Å². The van der Waals surface area contributed by atoms with Crippen molar-refractivity contribution in [2.24, 2.45) is 7.05 Å².